The molecule has 5 nitrogen and oxygen atoms in total. The Morgan fingerprint density at radius 2 is 2.11 bits per heavy atom. The molecular formula is C13H21N3O2. The summed E-state index contributed by atoms with van der Waals surface area (Å²) in [7, 11) is 1.55. The Morgan fingerprint density at radius 3 is 2.50 bits per heavy atom. The number of ether oxygens (including phenoxy) is 1. The number of nitrogens with zero attached hydrogens (tertiary/aromatic N) is 1. The highest BCUT2D eigenvalue weighted by molar-refractivity contribution is 5.95. The fourth-order valence-electron chi connectivity index (χ4n) is 1.79. The maximum Gasteiger partial charge on any atom is 0.231 e. The van der Waals surface area contributed by atoms with Gasteiger partial charge in [0.15, 0.2) is 0 Å². The number of carbonyl (C=O) groups excluding carboxylic acids is 1. The van der Waals surface area contributed by atoms with Crippen LogP contribution in [0, 0.1) is 5.41 Å². The van der Waals surface area contributed by atoms with Crippen LogP contribution in [0.2, 0.25) is 0 Å². The number of anilines is 1. The van der Waals surface area contributed by atoms with Gasteiger partial charge in [0, 0.05) is 12.6 Å². The normalized spacial score (nSPS) is 11.1. The highest BCUT2D eigenvalue weighted by atomic mass is 16.5. The van der Waals surface area contributed by atoms with Crippen LogP contribution in [-0.4, -0.2) is 24.5 Å². The van der Waals surface area contributed by atoms with E-state index >= 15 is 0 Å². The number of nitrogens with one attached hydrogen (secondary N) is 1. The monoisotopic (exact) mass is 251 g/mol. The Morgan fingerprint density at radius 1 is 1.44 bits per heavy atom. The van der Waals surface area contributed by atoms with Crippen molar-refractivity contribution in [2.75, 3.05) is 19.0 Å². The van der Waals surface area contributed by atoms with Gasteiger partial charge in [-0.05, 0) is 18.9 Å². The summed E-state index contributed by atoms with van der Waals surface area (Å²) in [5.41, 5.74) is 5.89. The number of pyridine rings is 1. The van der Waals surface area contributed by atoms with Crippen molar-refractivity contribution in [3.63, 3.8) is 0 Å². The molecule has 0 fully saturated rings. The number of hydrogen-bond acceptors (Lipinski definition) is 4. The molecule has 1 amide bonds. The van der Waals surface area contributed by atoms with Gasteiger partial charge in [-0.2, -0.15) is 0 Å². The van der Waals surface area contributed by atoms with Crippen LogP contribution in [0.15, 0.2) is 18.3 Å². The van der Waals surface area contributed by atoms with Crippen molar-refractivity contribution in [2.24, 2.45) is 11.1 Å². The second-order valence-corrected chi connectivity index (χ2v) is 4.23. The van der Waals surface area contributed by atoms with Crippen LogP contribution >= 0.6 is 0 Å². The van der Waals surface area contributed by atoms with Crippen LogP contribution in [0.1, 0.15) is 26.7 Å². The molecule has 0 atom stereocenters. The highest BCUT2D eigenvalue weighted by Gasteiger charge is 2.33. The number of rotatable bonds is 6. The molecule has 5 heteroatoms. The zero-order valence-corrected chi connectivity index (χ0v) is 11.2. The minimum absolute atomic E-state index is 0.0537. The summed E-state index contributed by atoms with van der Waals surface area (Å²) in [6.45, 7) is 4.29. The molecule has 0 aliphatic carbocycles. The minimum Gasteiger partial charge on any atom is -0.481 e. The molecule has 0 unspecified atom stereocenters. The van der Waals surface area contributed by atoms with E-state index in [1.807, 2.05) is 13.8 Å². The summed E-state index contributed by atoms with van der Waals surface area (Å²) in [5, 5.41) is 2.85. The van der Waals surface area contributed by atoms with Gasteiger partial charge in [0.2, 0.25) is 11.8 Å². The van der Waals surface area contributed by atoms with E-state index in [-0.39, 0.29) is 5.91 Å². The minimum atomic E-state index is -0.500. The van der Waals surface area contributed by atoms with Crippen LogP contribution in [0.3, 0.4) is 0 Å². The largest absolute Gasteiger partial charge is 0.481 e. The van der Waals surface area contributed by atoms with Crippen molar-refractivity contribution in [2.45, 2.75) is 26.7 Å². The molecule has 0 spiro atoms. The Hall–Kier alpha value is -1.62. The molecule has 0 saturated heterocycles. The third-order valence-corrected chi connectivity index (χ3v) is 3.43. The predicted molar refractivity (Wildman–Crippen MR) is 71.5 cm³/mol. The first-order valence-electron chi connectivity index (χ1n) is 6.13. The highest BCUT2D eigenvalue weighted by Crippen LogP contribution is 2.26. The first-order valence-corrected chi connectivity index (χ1v) is 6.13. The molecule has 1 heterocycles. The number of carbonyl (C=O) groups is 1. The van der Waals surface area contributed by atoms with E-state index < -0.39 is 5.41 Å². The number of aromatic nitrogens is 1. The van der Waals surface area contributed by atoms with E-state index in [9.17, 15) is 4.79 Å². The Kier molecular flexibility index (Phi) is 5.09. The van der Waals surface area contributed by atoms with E-state index in [1.165, 1.54) is 0 Å². The average molecular weight is 251 g/mol. The van der Waals surface area contributed by atoms with Crippen LogP contribution in [0.5, 0.6) is 5.88 Å². The molecular weight excluding hydrogens is 230 g/mol. The molecule has 0 saturated carbocycles. The van der Waals surface area contributed by atoms with E-state index in [1.54, 1.807) is 25.4 Å². The van der Waals surface area contributed by atoms with Gasteiger partial charge in [0.05, 0.1) is 24.4 Å². The van der Waals surface area contributed by atoms with Crippen molar-refractivity contribution in [1.29, 1.82) is 0 Å². The van der Waals surface area contributed by atoms with E-state index in [0.29, 0.717) is 18.1 Å². The first kappa shape index (κ1) is 14.4. The summed E-state index contributed by atoms with van der Waals surface area (Å²) in [4.78, 5) is 16.3. The Balaban J connectivity index is 2.79. The topological polar surface area (TPSA) is 77.2 Å². The standard InChI is InChI=1S/C13H21N3O2/c1-4-13(5-2,9-14)12(17)16-10-6-7-11(18-3)15-8-10/h6-8H,4-5,9,14H2,1-3H3,(H,16,17). The molecule has 0 bridgehead atoms. The lowest BCUT2D eigenvalue weighted by Crippen LogP contribution is -2.41. The van der Waals surface area contributed by atoms with Gasteiger partial charge in [-0.1, -0.05) is 13.8 Å². The van der Waals surface area contributed by atoms with Crippen molar-refractivity contribution in [3.05, 3.63) is 18.3 Å². The van der Waals surface area contributed by atoms with Crippen LogP contribution < -0.4 is 15.8 Å². The van der Waals surface area contributed by atoms with Crippen molar-refractivity contribution in [1.82, 2.24) is 4.98 Å². The van der Waals surface area contributed by atoms with Crippen molar-refractivity contribution < 1.29 is 9.53 Å². The molecule has 0 aliphatic rings. The van der Waals surface area contributed by atoms with E-state index in [4.69, 9.17) is 10.5 Å². The van der Waals surface area contributed by atoms with Gasteiger partial charge in [-0.3, -0.25) is 4.79 Å². The molecule has 1 rings (SSSR count). The third kappa shape index (κ3) is 2.98. The zero-order chi connectivity index (χ0) is 13.6. The van der Waals surface area contributed by atoms with Gasteiger partial charge in [0.25, 0.3) is 0 Å². The molecule has 1 aromatic rings. The van der Waals surface area contributed by atoms with Crippen molar-refractivity contribution in [3.8, 4) is 5.88 Å². The van der Waals surface area contributed by atoms with E-state index in [2.05, 4.69) is 10.3 Å². The van der Waals surface area contributed by atoms with Gasteiger partial charge in [-0.15, -0.1) is 0 Å². The lowest BCUT2D eigenvalue weighted by molar-refractivity contribution is -0.125. The SMILES string of the molecule is CCC(CC)(CN)C(=O)Nc1ccc(OC)nc1. The smallest absolute Gasteiger partial charge is 0.231 e. The maximum absolute atomic E-state index is 12.2. The van der Waals surface area contributed by atoms with Gasteiger partial charge < -0.3 is 15.8 Å². The molecule has 0 aromatic carbocycles. The molecule has 100 valence electrons. The van der Waals surface area contributed by atoms with Crippen LogP contribution in [0.4, 0.5) is 5.69 Å². The first-order chi connectivity index (χ1) is 8.61. The summed E-state index contributed by atoms with van der Waals surface area (Å²) in [5.74, 6) is 0.464. The lowest BCUT2D eigenvalue weighted by atomic mass is 9.81. The Labute approximate surface area is 108 Å². The Bertz CT molecular complexity index is 377. The maximum atomic E-state index is 12.2. The fourth-order valence-corrected chi connectivity index (χ4v) is 1.79. The number of nitrogens with two attached hydrogens (primary N) is 1. The predicted octanol–water partition coefficient (Wildman–Crippen LogP) is 1.79. The average Bonchev–Trinajstić information content (AvgIpc) is 2.42. The molecule has 18 heavy (non-hydrogen) atoms. The van der Waals surface area contributed by atoms with E-state index in [0.717, 1.165) is 12.8 Å². The molecule has 1 aromatic heterocycles. The van der Waals surface area contributed by atoms with Gasteiger partial charge in [-0.25, -0.2) is 4.98 Å². The molecule has 0 radical (unpaired) electrons. The number of methoxy groups -OCH3 is 1. The van der Waals surface area contributed by atoms with Crippen LogP contribution in [-0.2, 0) is 4.79 Å². The summed E-state index contributed by atoms with van der Waals surface area (Å²) < 4.78 is 4.96. The summed E-state index contributed by atoms with van der Waals surface area (Å²) >= 11 is 0. The van der Waals surface area contributed by atoms with Gasteiger partial charge in [0.1, 0.15) is 0 Å². The van der Waals surface area contributed by atoms with Gasteiger partial charge >= 0.3 is 0 Å². The second-order valence-electron chi connectivity index (χ2n) is 4.23. The second kappa shape index (κ2) is 6.35. The zero-order valence-electron chi connectivity index (χ0n) is 11.2. The quantitative estimate of drug-likeness (QED) is 0.808. The van der Waals surface area contributed by atoms with Crippen molar-refractivity contribution >= 4 is 11.6 Å². The summed E-state index contributed by atoms with van der Waals surface area (Å²) in [6, 6.07) is 3.47. The number of amides is 1. The third-order valence-electron chi connectivity index (χ3n) is 3.43. The lowest BCUT2D eigenvalue weighted by Gasteiger charge is -2.28. The van der Waals surface area contributed by atoms with Crippen LogP contribution in [0.25, 0.3) is 0 Å². The number of hydrogen-bond donors (Lipinski definition) is 2. The molecule has 3 N–H and O–H groups in total. The summed E-state index contributed by atoms with van der Waals surface area (Å²) in [6.07, 6.45) is 3.01. The fraction of sp³-hybridized carbons (Fsp3) is 0.538. The molecule has 0 aliphatic heterocycles.